The summed E-state index contributed by atoms with van der Waals surface area (Å²) in [4.78, 5) is 23.9. The van der Waals surface area contributed by atoms with Gasteiger partial charge in [-0.05, 0) is 11.5 Å². The third kappa shape index (κ3) is 3.96. The van der Waals surface area contributed by atoms with Crippen molar-refractivity contribution in [3.8, 4) is 0 Å². The van der Waals surface area contributed by atoms with Crippen molar-refractivity contribution < 1.29 is 10.0 Å². The first-order valence-corrected chi connectivity index (χ1v) is 9.49. The number of aromatic nitrogens is 2. The fraction of sp³-hybridized carbons (Fsp3) is 0.300. The molecule has 0 amide bonds. The summed E-state index contributed by atoms with van der Waals surface area (Å²) in [5.41, 5.74) is 0.625. The number of nitrogens with zero attached hydrogens (tertiary/aromatic N) is 5. The van der Waals surface area contributed by atoms with Gasteiger partial charge in [-0.25, -0.2) is 9.97 Å². The third-order valence-corrected chi connectivity index (χ3v) is 5.12. The molecule has 1 aromatic heterocycles. The van der Waals surface area contributed by atoms with Crippen molar-refractivity contribution in [2.24, 2.45) is 0 Å². The van der Waals surface area contributed by atoms with E-state index in [0.29, 0.717) is 38.5 Å². The summed E-state index contributed by atoms with van der Waals surface area (Å²) in [6.07, 6.45) is 1.36. The monoisotopic (exact) mass is 394 g/mol. The van der Waals surface area contributed by atoms with Gasteiger partial charge in [0.15, 0.2) is 0 Å². The molecule has 0 bridgehead atoms. The van der Waals surface area contributed by atoms with Gasteiger partial charge >= 0.3 is 5.69 Å². The second-order valence-electron chi connectivity index (χ2n) is 6.86. The molecule has 0 unspecified atom stereocenters. The molecule has 1 fully saturated rings. The average Bonchev–Trinajstić information content (AvgIpc) is 2.74. The Balaban J connectivity index is 1.66. The molecule has 9 heteroatoms. The fourth-order valence-electron chi connectivity index (χ4n) is 3.65. The minimum Gasteiger partial charge on any atom is -0.395 e. The second kappa shape index (κ2) is 8.38. The highest BCUT2D eigenvalue weighted by atomic mass is 16.6. The molecule has 2 N–H and O–H groups in total. The van der Waals surface area contributed by atoms with Crippen molar-refractivity contribution in [3.63, 3.8) is 0 Å². The summed E-state index contributed by atoms with van der Waals surface area (Å²) in [5.74, 6) is 0.491. The lowest BCUT2D eigenvalue weighted by Crippen LogP contribution is -2.47. The van der Waals surface area contributed by atoms with Gasteiger partial charge in [-0.1, -0.05) is 36.4 Å². The molecule has 1 saturated heterocycles. The van der Waals surface area contributed by atoms with E-state index >= 15 is 0 Å². The first-order valence-electron chi connectivity index (χ1n) is 9.49. The topological polar surface area (TPSA) is 108 Å². The predicted molar refractivity (Wildman–Crippen MR) is 112 cm³/mol. The normalized spacial score (nSPS) is 14.9. The van der Waals surface area contributed by atoms with E-state index in [1.54, 1.807) is 0 Å². The van der Waals surface area contributed by atoms with Gasteiger partial charge in [0.05, 0.1) is 11.5 Å². The van der Waals surface area contributed by atoms with Crippen LogP contribution < -0.4 is 10.2 Å². The Hall–Kier alpha value is -3.30. The van der Waals surface area contributed by atoms with Crippen LogP contribution in [0.4, 0.5) is 23.0 Å². The summed E-state index contributed by atoms with van der Waals surface area (Å²) in [6, 6.07) is 13.6. The maximum absolute atomic E-state index is 11.9. The molecule has 4 rings (SSSR count). The highest BCUT2D eigenvalue weighted by Gasteiger charge is 2.29. The van der Waals surface area contributed by atoms with Crippen LogP contribution in [0.5, 0.6) is 0 Å². The van der Waals surface area contributed by atoms with E-state index in [4.69, 9.17) is 5.11 Å². The number of fused-ring (bicyclic) bond motifs is 1. The molecule has 29 heavy (non-hydrogen) atoms. The van der Waals surface area contributed by atoms with Gasteiger partial charge < -0.3 is 15.3 Å². The number of hydrogen-bond donors (Lipinski definition) is 2. The van der Waals surface area contributed by atoms with Crippen molar-refractivity contribution in [1.29, 1.82) is 0 Å². The molecule has 3 aromatic rings. The van der Waals surface area contributed by atoms with Crippen LogP contribution in [-0.2, 0) is 0 Å². The van der Waals surface area contributed by atoms with Gasteiger partial charge in [-0.15, -0.1) is 0 Å². The number of aliphatic hydroxyl groups is 1. The van der Waals surface area contributed by atoms with Crippen LogP contribution >= 0.6 is 0 Å². The molecule has 0 saturated carbocycles. The molecular weight excluding hydrogens is 372 g/mol. The van der Waals surface area contributed by atoms with E-state index in [1.165, 1.54) is 6.33 Å². The van der Waals surface area contributed by atoms with Crippen LogP contribution in [-0.4, -0.2) is 64.2 Å². The van der Waals surface area contributed by atoms with E-state index in [9.17, 15) is 10.1 Å². The third-order valence-electron chi connectivity index (χ3n) is 5.12. The maximum atomic E-state index is 11.9. The Bertz CT molecular complexity index is 1010. The van der Waals surface area contributed by atoms with Crippen LogP contribution in [0.2, 0.25) is 0 Å². The summed E-state index contributed by atoms with van der Waals surface area (Å²) in [5, 5.41) is 26.2. The minimum atomic E-state index is -0.428. The molecule has 0 radical (unpaired) electrons. The van der Waals surface area contributed by atoms with Gasteiger partial charge in [0.25, 0.3) is 0 Å². The smallest absolute Gasteiger partial charge is 0.353 e. The Morgan fingerprint density at radius 3 is 2.59 bits per heavy atom. The second-order valence-corrected chi connectivity index (χ2v) is 6.86. The van der Waals surface area contributed by atoms with E-state index in [0.717, 1.165) is 16.5 Å². The van der Waals surface area contributed by atoms with Crippen LogP contribution in [0.25, 0.3) is 10.8 Å². The van der Waals surface area contributed by atoms with Crippen molar-refractivity contribution >= 4 is 33.8 Å². The average molecular weight is 394 g/mol. The first kappa shape index (κ1) is 19.0. The molecule has 0 atom stereocenters. The zero-order valence-electron chi connectivity index (χ0n) is 15.9. The SMILES string of the molecule is O=[N+]([O-])c1c(Nc2cccc3ccccc23)ncnc1N1CCN(CCO)CC1. The van der Waals surface area contributed by atoms with Crippen molar-refractivity contribution in [3.05, 3.63) is 58.9 Å². The minimum absolute atomic E-state index is 0.104. The lowest BCUT2D eigenvalue weighted by molar-refractivity contribution is -0.383. The van der Waals surface area contributed by atoms with E-state index < -0.39 is 4.92 Å². The molecule has 2 heterocycles. The molecule has 150 valence electrons. The zero-order valence-corrected chi connectivity index (χ0v) is 15.9. The van der Waals surface area contributed by atoms with E-state index in [2.05, 4.69) is 20.2 Å². The van der Waals surface area contributed by atoms with E-state index in [-0.39, 0.29) is 18.1 Å². The van der Waals surface area contributed by atoms with Gasteiger partial charge in [-0.3, -0.25) is 15.0 Å². The van der Waals surface area contributed by atoms with Gasteiger partial charge in [0.2, 0.25) is 11.6 Å². The molecular formula is C20H22N6O3. The van der Waals surface area contributed by atoms with Crippen LogP contribution in [0.1, 0.15) is 0 Å². The Kier molecular flexibility index (Phi) is 5.50. The van der Waals surface area contributed by atoms with Crippen molar-refractivity contribution in [1.82, 2.24) is 14.9 Å². The Labute approximate surface area is 167 Å². The molecule has 9 nitrogen and oxygen atoms in total. The number of nitro groups is 1. The Morgan fingerprint density at radius 1 is 1.07 bits per heavy atom. The number of anilines is 3. The van der Waals surface area contributed by atoms with Crippen LogP contribution in [0, 0.1) is 10.1 Å². The highest BCUT2D eigenvalue weighted by molar-refractivity contribution is 5.96. The van der Waals surface area contributed by atoms with Crippen LogP contribution in [0.15, 0.2) is 48.8 Å². The van der Waals surface area contributed by atoms with Crippen LogP contribution in [0.3, 0.4) is 0 Å². The molecule has 1 aliphatic heterocycles. The largest absolute Gasteiger partial charge is 0.395 e. The lowest BCUT2D eigenvalue weighted by Gasteiger charge is -2.34. The zero-order chi connectivity index (χ0) is 20.2. The number of piperazine rings is 1. The number of aliphatic hydroxyl groups excluding tert-OH is 1. The van der Waals surface area contributed by atoms with Gasteiger partial charge in [-0.2, -0.15) is 0 Å². The molecule has 0 aliphatic carbocycles. The molecule has 1 aliphatic rings. The number of nitrogens with one attached hydrogen (secondary N) is 1. The number of rotatable bonds is 6. The van der Waals surface area contributed by atoms with E-state index in [1.807, 2.05) is 47.4 Å². The number of benzene rings is 2. The number of β-amino-alcohol motifs (C(OH)–C–C–N with tert-alkyl or cyclic N) is 1. The summed E-state index contributed by atoms with van der Waals surface area (Å²) >= 11 is 0. The highest BCUT2D eigenvalue weighted by Crippen LogP contribution is 2.35. The van der Waals surface area contributed by atoms with Gasteiger partial charge in [0.1, 0.15) is 6.33 Å². The molecule has 0 spiro atoms. The van der Waals surface area contributed by atoms with Gasteiger partial charge in [0, 0.05) is 43.8 Å². The standard InChI is InChI=1S/C20H22N6O3/c27-13-12-24-8-10-25(11-9-24)20-18(26(28)29)19(21-14-22-20)23-17-7-3-5-15-4-1-2-6-16(15)17/h1-7,14,27H,8-13H2,(H,21,22,23). The lowest BCUT2D eigenvalue weighted by atomic mass is 10.1. The molecule has 2 aromatic carbocycles. The summed E-state index contributed by atoms with van der Waals surface area (Å²) in [7, 11) is 0. The summed E-state index contributed by atoms with van der Waals surface area (Å²) < 4.78 is 0. The Morgan fingerprint density at radius 2 is 1.83 bits per heavy atom. The fourth-order valence-corrected chi connectivity index (χ4v) is 3.65. The summed E-state index contributed by atoms with van der Waals surface area (Å²) in [6.45, 7) is 3.35. The van der Waals surface area contributed by atoms with Crippen molar-refractivity contribution in [2.75, 3.05) is 49.5 Å². The predicted octanol–water partition coefficient (Wildman–Crippen LogP) is 2.40. The number of hydrogen-bond acceptors (Lipinski definition) is 8. The maximum Gasteiger partial charge on any atom is 0.353 e. The quantitative estimate of drug-likeness (QED) is 0.485. The first-order chi connectivity index (χ1) is 14.2. The van der Waals surface area contributed by atoms with Crippen molar-refractivity contribution in [2.45, 2.75) is 0 Å².